The van der Waals surface area contributed by atoms with Crippen LogP contribution in [0.2, 0.25) is 0 Å². The molecule has 0 bridgehead atoms. The maximum atomic E-state index is 12.6. The van der Waals surface area contributed by atoms with Gasteiger partial charge in [-0.2, -0.15) is 0 Å². The van der Waals surface area contributed by atoms with Crippen molar-refractivity contribution in [3.05, 3.63) is 59.7 Å². The first-order chi connectivity index (χ1) is 15.8. The monoisotopic (exact) mass is 454 g/mol. The Morgan fingerprint density at radius 1 is 0.970 bits per heavy atom. The second kappa shape index (κ2) is 11.0. The van der Waals surface area contributed by atoms with Crippen molar-refractivity contribution in [3.63, 3.8) is 0 Å². The van der Waals surface area contributed by atoms with Gasteiger partial charge in [0.1, 0.15) is 18.7 Å². The number of carboxylic acid groups (broad SMARTS) is 1. The summed E-state index contributed by atoms with van der Waals surface area (Å²) in [5.74, 6) is -2.04. The molecule has 8 heteroatoms. The highest BCUT2D eigenvalue weighted by Crippen LogP contribution is 2.44. The number of carbonyl (C=O) groups excluding carboxylic acids is 2. The molecule has 0 heterocycles. The number of hydrogen-bond donors (Lipinski definition) is 4. The Morgan fingerprint density at radius 3 is 2.06 bits per heavy atom. The minimum Gasteiger partial charge on any atom is -0.480 e. The van der Waals surface area contributed by atoms with Crippen molar-refractivity contribution in [1.82, 2.24) is 10.6 Å². The van der Waals surface area contributed by atoms with E-state index in [4.69, 9.17) is 9.84 Å². The lowest BCUT2D eigenvalue weighted by Crippen LogP contribution is -2.53. The summed E-state index contributed by atoms with van der Waals surface area (Å²) < 4.78 is 5.52. The fraction of sp³-hybridized carbons (Fsp3) is 0.400. The number of rotatable bonds is 10. The van der Waals surface area contributed by atoms with E-state index >= 15 is 0 Å². The van der Waals surface area contributed by atoms with Crippen molar-refractivity contribution in [2.45, 2.75) is 44.7 Å². The summed E-state index contributed by atoms with van der Waals surface area (Å²) in [4.78, 5) is 36.4. The van der Waals surface area contributed by atoms with Gasteiger partial charge in [0.25, 0.3) is 0 Å². The molecule has 8 nitrogen and oxygen atoms in total. The molecule has 0 radical (unpaired) electrons. The molecular weight excluding hydrogens is 424 g/mol. The van der Waals surface area contributed by atoms with Crippen LogP contribution in [0.1, 0.15) is 43.7 Å². The van der Waals surface area contributed by atoms with Crippen LogP contribution < -0.4 is 10.6 Å². The summed E-state index contributed by atoms with van der Waals surface area (Å²) in [6.45, 7) is 3.25. The topological polar surface area (TPSA) is 125 Å². The van der Waals surface area contributed by atoms with Gasteiger partial charge < -0.3 is 25.6 Å². The van der Waals surface area contributed by atoms with Gasteiger partial charge in [-0.05, 0) is 34.6 Å². The maximum Gasteiger partial charge on any atom is 0.407 e. The third-order valence-electron chi connectivity index (χ3n) is 6.08. The SMILES string of the molecule is CCC(C)CC(NC(=O)OCC1c2ccccc2-c2ccccc21)C(=O)N[C@@H](CO)C(=O)O. The largest absolute Gasteiger partial charge is 0.480 e. The van der Waals surface area contributed by atoms with Crippen LogP contribution in [-0.4, -0.2) is 53.5 Å². The highest BCUT2D eigenvalue weighted by molar-refractivity contribution is 5.89. The number of fused-ring (bicyclic) bond motifs is 3. The number of aliphatic hydroxyl groups is 1. The third-order valence-corrected chi connectivity index (χ3v) is 6.08. The molecule has 0 fully saturated rings. The van der Waals surface area contributed by atoms with E-state index in [0.717, 1.165) is 28.7 Å². The lowest BCUT2D eigenvalue weighted by molar-refractivity contribution is -0.143. The summed E-state index contributed by atoms with van der Waals surface area (Å²) in [6.07, 6.45) is 0.333. The fourth-order valence-electron chi connectivity index (χ4n) is 4.04. The quantitative estimate of drug-likeness (QED) is 0.438. The summed E-state index contributed by atoms with van der Waals surface area (Å²) in [5, 5.41) is 23.1. The van der Waals surface area contributed by atoms with E-state index in [1.54, 1.807) is 0 Å². The van der Waals surface area contributed by atoms with Crippen molar-refractivity contribution in [1.29, 1.82) is 0 Å². The fourth-order valence-corrected chi connectivity index (χ4v) is 4.04. The van der Waals surface area contributed by atoms with Crippen LogP contribution in [0.5, 0.6) is 0 Å². The van der Waals surface area contributed by atoms with E-state index in [1.807, 2.05) is 62.4 Å². The van der Waals surface area contributed by atoms with Crippen LogP contribution in [-0.2, 0) is 14.3 Å². The normalized spacial score (nSPS) is 15.0. The van der Waals surface area contributed by atoms with E-state index < -0.39 is 36.7 Å². The number of carboxylic acids is 1. The summed E-state index contributed by atoms with van der Waals surface area (Å²) >= 11 is 0. The standard InChI is InChI=1S/C25H30N2O6/c1-3-15(2)12-21(23(29)26-22(13-28)24(30)31)27-25(32)33-14-20-18-10-6-4-8-16(18)17-9-5-7-11-19(17)20/h4-11,15,20-22,28H,3,12-14H2,1-2H3,(H,26,29)(H,27,32)(H,30,31)/t15?,21?,22-/m0/s1. The highest BCUT2D eigenvalue weighted by atomic mass is 16.5. The number of aliphatic carboxylic acids is 1. The van der Waals surface area contributed by atoms with E-state index in [2.05, 4.69) is 10.6 Å². The van der Waals surface area contributed by atoms with Gasteiger partial charge in [0.05, 0.1) is 6.61 Å². The Labute approximate surface area is 193 Å². The second-order valence-electron chi connectivity index (χ2n) is 8.35. The number of aliphatic hydroxyl groups excluding tert-OH is 1. The van der Waals surface area contributed by atoms with Crippen molar-refractivity contribution >= 4 is 18.0 Å². The number of hydrogen-bond acceptors (Lipinski definition) is 5. The van der Waals surface area contributed by atoms with E-state index in [0.29, 0.717) is 6.42 Å². The molecule has 3 atom stereocenters. The molecule has 0 spiro atoms. The average Bonchev–Trinajstić information content (AvgIpc) is 3.14. The summed E-state index contributed by atoms with van der Waals surface area (Å²) in [7, 11) is 0. The molecule has 1 aliphatic carbocycles. The van der Waals surface area contributed by atoms with Crippen molar-refractivity contribution in [3.8, 4) is 11.1 Å². The Bertz CT molecular complexity index is 962. The molecule has 33 heavy (non-hydrogen) atoms. The van der Waals surface area contributed by atoms with Gasteiger partial charge in [0.2, 0.25) is 5.91 Å². The number of carbonyl (C=O) groups is 3. The number of nitrogens with one attached hydrogen (secondary N) is 2. The van der Waals surface area contributed by atoms with Crippen molar-refractivity contribution in [2.24, 2.45) is 5.92 Å². The Kier molecular flexibility index (Phi) is 8.06. The molecule has 2 aromatic carbocycles. The Balaban J connectivity index is 1.68. The number of benzene rings is 2. The van der Waals surface area contributed by atoms with Crippen LogP contribution in [0, 0.1) is 5.92 Å². The zero-order chi connectivity index (χ0) is 24.0. The molecule has 0 saturated heterocycles. The van der Waals surface area contributed by atoms with Crippen molar-refractivity contribution < 1.29 is 29.3 Å². The average molecular weight is 455 g/mol. The van der Waals surface area contributed by atoms with Crippen molar-refractivity contribution in [2.75, 3.05) is 13.2 Å². The van der Waals surface area contributed by atoms with Gasteiger partial charge in [-0.15, -0.1) is 0 Å². The molecule has 2 unspecified atom stereocenters. The smallest absolute Gasteiger partial charge is 0.407 e. The van der Waals surface area contributed by atoms with E-state index in [1.165, 1.54) is 0 Å². The summed E-state index contributed by atoms with van der Waals surface area (Å²) in [6, 6.07) is 13.5. The first-order valence-electron chi connectivity index (χ1n) is 11.1. The minimum atomic E-state index is -1.44. The molecule has 2 aromatic rings. The number of ether oxygens (including phenoxy) is 1. The van der Waals surface area contributed by atoms with Gasteiger partial charge >= 0.3 is 12.1 Å². The van der Waals surface area contributed by atoms with E-state index in [-0.39, 0.29) is 18.4 Å². The first-order valence-corrected chi connectivity index (χ1v) is 11.1. The Morgan fingerprint density at radius 2 is 1.55 bits per heavy atom. The lowest BCUT2D eigenvalue weighted by Gasteiger charge is -2.23. The molecule has 2 amide bonds. The van der Waals surface area contributed by atoms with Crippen LogP contribution in [0.4, 0.5) is 4.79 Å². The molecule has 0 saturated carbocycles. The molecule has 0 aliphatic heterocycles. The van der Waals surface area contributed by atoms with Gasteiger partial charge in [-0.1, -0.05) is 68.8 Å². The predicted molar refractivity (Wildman–Crippen MR) is 123 cm³/mol. The number of amides is 2. The van der Waals surface area contributed by atoms with Gasteiger partial charge in [-0.25, -0.2) is 9.59 Å². The molecule has 176 valence electrons. The summed E-state index contributed by atoms with van der Waals surface area (Å²) in [5.41, 5.74) is 4.37. The molecule has 1 aliphatic rings. The van der Waals surface area contributed by atoms with Gasteiger partial charge in [0, 0.05) is 5.92 Å². The van der Waals surface area contributed by atoms with Gasteiger partial charge in [0.15, 0.2) is 0 Å². The second-order valence-corrected chi connectivity index (χ2v) is 8.35. The lowest BCUT2D eigenvalue weighted by atomic mass is 9.98. The van der Waals surface area contributed by atoms with Crippen LogP contribution >= 0.6 is 0 Å². The Hall–Kier alpha value is -3.39. The highest BCUT2D eigenvalue weighted by Gasteiger charge is 2.31. The van der Waals surface area contributed by atoms with E-state index in [9.17, 15) is 19.5 Å². The van der Waals surface area contributed by atoms with Gasteiger partial charge in [-0.3, -0.25) is 4.79 Å². The number of alkyl carbamates (subject to hydrolysis) is 1. The van der Waals surface area contributed by atoms with Crippen LogP contribution in [0.25, 0.3) is 11.1 Å². The first kappa shape index (κ1) is 24.3. The maximum absolute atomic E-state index is 12.6. The molecule has 0 aromatic heterocycles. The zero-order valence-electron chi connectivity index (χ0n) is 18.8. The molecular formula is C25H30N2O6. The van der Waals surface area contributed by atoms with Crippen LogP contribution in [0.3, 0.4) is 0 Å². The zero-order valence-corrected chi connectivity index (χ0v) is 18.8. The predicted octanol–water partition coefficient (Wildman–Crippen LogP) is 2.89. The molecule has 3 rings (SSSR count). The third kappa shape index (κ3) is 5.70. The molecule has 4 N–H and O–H groups in total. The minimum absolute atomic E-state index is 0.103. The van der Waals surface area contributed by atoms with Crippen LogP contribution in [0.15, 0.2) is 48.5 Å².